The van der Waals surface area contributed by atoms with Gasteiger partial charge in [-0.3, -0.25) is 4.79 Å². The van der Waals surface area contributed by atoms with Gasteiger partial charge in [-0.1, -0.05) is 36.4 Å². The molecule has 2 aromatic carbocycles. The maximum absolute atomic E-state index is 12.2. The van der Waals surface area contributed by atoms with Crippen molar-refractivity contribution in [2.24, 2.45) is 0 Å². The van der Waals surface area contributed by atoms with Gasteiger partial charge in [-0.2, -0.15) is 5.26 Å². The van der Waals surface area contributed by atoms with E-state index in [1.54, 1.807) is 18.2 Å². The Bertz CT molecular complexity index is 873. The van der Waals surface area contributed by atoms with E-state index < -0.39 is 18.5 Å². The van der Waals surface area contributed by atoms with Crippen molar-refractivity contribution >= 4 is 33.9 Å². The average molecular weight is 415 g/mol. The van der Waals surface area contributed by atoms with Crippen LogP contribution < -0.4 is 10.1 Å². The molecule has 0 spiro atoms. The van der Waals surface area contributed by atoms with E-state index in [0.29, 0.717) is 22.3 Å². The Morgan fingerprint density at radius 3 is 2.58 bits per heavy atom. The third-order valence-electron chi connectivity index (χ3n) is 3.28. The molecule has 26 heavy (non-hydrogen) atoms. The summed E-state index contributed by atoms with van der Waals surface area (Å²) in [4.78, 5) is 22.7. The van der Waals surface area contributed by atoms with Gasteiger partial charge < -0.3 is 15.2 Å². The summed E-state index contributed by atoms with van der Waals surface area (Å²) in [5.74, 6) is -1.20. The van der Waals surface area contributed by atoms with Gasteiger partial charge in [-0.05, 0) is 45.3 Å². The molecule has 0 bridgehead atoms. The lowest BCUT2D eigenvalue weighted by molar-refractivity contribution is -0.139. The van der Waals surface area contributed by atoms with Gasteiger partial charge in [0, 0.05) is 6.54 Å². The van der Waals surface area contributed by atoms with Crippen LogP contribution in [-0.4, -0.2) is 23.6 Å². The third-order valence-corrected chi connectivity index (χ3v) is 3.90. The van der Waals surface area contributed by atoms with E-state index in [4.69, 9.17) is 9.84 Å². The Hall–Kier alpha value is -3.11. The van der Waals surface area contributed by atoms with Crippen LogP contribution in [0.3, 0.4) is 0 Å². The minimum Gasteiger partial charge on any atom is -0.481 e. The second kappa shape index (κ2) is 9.39. The summed E-state index contributed by atoms with van der Waals surface area (Å²) in [7, 11) is 0. The molecule has 0 aliphatic carbocycles. The van der Waals surface area contributed by atoms with Gasteiger partial charge in [0.15, 0.2) is 6.61 Å². The van der Waals surface area contributed by atoms with E-state index in [1.165, 1.54) is 6.08 Å². The fraction of sp³-hybridized carbons (Fsp3) is 0.105. The number of nitrogens with zero attached hydrogens (tertiary/aromatic N) is 1. The zero-order valence-corrected chi connectivity index (χ0v) is 15.2. The molecule has 0 radical (unpaired) electrons. The highest BCUT2D eigenvalue weighted by Gasteiger charge is 2.10. The van der Waals surface area contributed by atoms with Crippen LogP contribution in [0.5, 0.6) is 5.75 Å². The number of benzene rings is 2. The highest BCUT2D eigenvalue weighted by Crippen LogP contribution is 2.27. The van der Waals surface area contributed by atoms with Gasteiger partial charge in [-0.25, -0.2) is 4.79 Å². The minimum absolute atomic E-state index is 0.0352. The van der Waals surface area contributed by atoms with Crippen LogP contribution in [0.15, 0.2) is 58.6 Å². The Labute approximate surface area is 158 Å². The fourth-order valence-electron chi connectivity index (χ4n) is 2.05. The number of carboxylic acids is 1. The molecule has 0 aliphatic heterocycles. The predicted octanol–water partition coefficient (Wildman–Crippen LogP) is 3.14. The van der Waals surface area contributed by atoms with Crippen molar-refractivity contribution < 1.29 is 19.4 Å². The molecule has 0 saturated carbocycles. The molecule has 2 rings (SSSR count). The van der Waals surface area contributed by atoms with Gasteiger partial charge in [0.2, 0.25) is 0 Å². The molecule has 0 heterocycles. The quantitative estimate of drug-likeness (QED) is 0.535. The van der Waals surface area contributed by atoms with Crippen LogP contribution in [0.2, 0.25) is 0 Å². The van der Waals surface area contributed by atoms with Crippen LogP contribution in [0, 0.1) is 11.3 Å². The van der Waals surface area contributed by atoms with Gasteiger partial charge >= 0.3 is 5.97 Å². The number of rotatable bonds is 7. The second-order valence-corrected chi connectivity index (χ2v) is 6.06. The number of hydrogen-bond donors (Lipinski definition) is 2. The number of halogens is 1. The van der Waals surface area contributed by atoms with Gasteiger partial charge in [0.05, 0.1) is 4.47 Å². The largest absolute Gasteiger partial charge is 0.481 e. The number of carboxylic acid groups (broad SMARTS) is 1. The Morgan fingerprint density at radius 1 is 1.23 bits per heavy atom. The molecule has 2 N–H and O–H groups in total. The number of carbonyl (C=O) groups excluding carboxylic acids is 1. The maximum atomic E-state index is 12.2. The smallest absolute Gasteiger partial charge is 0.341 e. The van der Waals surface area contributed by atoms with Crippen molar-refractivity contribution in [2.75, 3.05) is 6.61 Å². The van der Waals surface area contributed by atoms with E-state index >= 15 is 0 Å². The zero-order chi connectivity index (χ0) is 18.9. The van der Waals surface area contributed by atoms with Gasteiger partial charge in [0.25, 0.3) is 5.91 Å². The topological polar surface area (TPSA) is 99.4 Å². The molecule has 1 amide bonds. The van der Waals surface area contributed by atoms with E-state index in [1.807, 2.05) is 36.4 Å². The lowest BCUT2D eigenvalue weighted by Gasteiger charge is -2.07. The summed E-state index contributed by atoms with van der Waals surface area (Å²) in [6.07, 6.45) is 1.45. The lowest BCUT2D eigenvalue weighted by Crippen LogP contribution is -2.23. The van der Waals surface area contributed by atoms with Crippen LogP contribution >= 0.6 is 15.9 Å². The summed E-state index contributed by atoms with van der Waals surface area (Å²) in [6.45, 7) is -0.135. The van der Waals surface area contributed by atoms with Crippen molar-refractivity contribution in [3.8, 4) is 11.8 Å². The summed E-state index contributed by atoms with van der Waals surface area (Å²) < 4.78 is 5.63. The van der Waals surface area contributed by atoms with Crippen LogP contribution in [0.1, 0.15) is 11.1 Å². The molecular formula is C19H15BrN2O4. The Balaban J connectivity index is 2.07. The summed E-state index contributed by atoms with van der Waals surface area (Å²) in [6, 6.07) is 16.1. The van der Waals surface area contributed by atoms with Crippen LogP contribution in [-0.2, 0) is 16.1 Å². The lowest BCUT2D eigenvalue weighted by atomic mass is 10.1. The SMILES string of the molecule is N#C/C(=C/c1ccc(OCC(=O)O)c(Br)c1)C(=O)NCc1ccccc1. The summed E-state index contributed by atoms with van der Waals surface area (Å²) in [5, 5.41) is 20.6. The van der Waals surface area contributed by atoms with E-state index in [9.17, 15) is 14.9 Å². The summed E-state index contributed by atoms with van der Waals surface area (Å²) in [5.41, 5.74) is 1.50. The zero-order valence-electron chi connectivity index (χ0n) is 13.6. The van der Waals surface area contributed by atoms with E-state index in [2.05, 4.69) is 21.2 Å². The molecule has 0 unspecified atom stereocenters. The molecule has 0 aliphatic rings. The first-order valence-corrected chi connectivity index (χ1v) is 8.37. The highest BCUT2D eigenvalue weighted by molar-refractivity contribution is 9.10. The van der Waals surface area contributed by atoms with Crippen molar-refractivity contribution in [1.82, 2.24) is 5.32 Å². The number of nitriles is 1. The minimum atomic E-state index is -1.08. The van der Waals surface area contributed by atoms with Crippen LogP contribution in [0.4, 0.5) is 0 Å². The molecule has 0 aromatic heterocycles. The number of hydrogen-bond acceptors (Lipinski definition) is 4. The van der Waals surface area contributed by atoms with Crippen molar-refractivity contribution in [2.45, 2.75) is 6.54 Å². The van der Waals surface area contributed by atoms with Crippen molar-refractivity contribution in [3.05, 3.63) is 69.7 Å². The number of ether oxygens (including phenoxy) is 1. The molecule has 0 fully saturated rings. The number of aliphatic carboxylic acids is 1. The number of amides is 1. The average Bonchev–Trinajstić information content (AvgIpc) is 2.64. The van der Waals surface area contributed by atoms with Crippen molar-refractivity contribution in [1.29, 1.82) is 5.26 Å². The molecule has 132 valence electrons. The van der Waals surface area contributed by atoms with Crippen molar-refractivity contribution in [3.63, 3.8) is 0 Å². The normalized spacial score (nSPS) is 10.7. The predicted molar refractivity (Wildman–Crippen MR) is 99.2 cm³/mol. The molecule has 7 heteroatoms. The van der Waals surface area contributed by atoms with E-state index in [-0.39, 0.29) is 5.57 Å². The molecular weight excluding hydrogens is 400 g/mol. The van der Waals surface area contributed by atoms with Gasteiger partial charge in [0.1, 0.15) is 17.4 Å². The summed E-state index contributed by atoms with van der Waals surface area (Å²) >= 11 is 3.28. The Morgan fingerprint density at radius 2 is 1.96 bits per heavy atom. The van der Waals surface area contributed by atoms with E-state index in [0.717, 1.165) is 5.56 Å². The first kappa shape index (κ1) is 19.2. The first-order chi connectivity index (χ1) is 12.5. The molecule has 6 nitrogen and oxygen atoms in total. The standard InChI is InChI=1S/C19H15BrN2O4/c20-16-9-14(6-7-17(16)26-12-18(23)24)8-15(10-21)19(25)22-11-13-4-2-1-3-5-13/h1-9H,11-12H2,(H,22,25)(H,23,24)/b15-8-. The monoisotopic (exact) mass is 414 g/mol. The number of nitrogens with one attached hydrogen (secondary N) is 1. The Kier molecular flexibility index (Phi) is 6.94. The first-order valence-electron chi connectivity index (χ1n) is 7.57. The number of carbonyl (C=O) groups is 2. The van der Waals surface area contributed by atoms with Crippen LogP contribution in [0.25, 0.3) is 6.08 Å². The van der Waals surface area contributed by atoms with Gasteiger partial charge in [-0.15, -0.1) is 0 Å². The molecule has 0 saturated heterocycles. The molecule has 0 atom stereocenters. The highest BCUT2D eigenvalue weighted by atomic mass is 79.9. The fourth-order valence-corrected chi connectivity index (χ4v) is 2.56. The second-order valence-electron chi connectivity index (χ2n) is 5.21. The molecule has 2 aromatic rings. The third kappa shape index (κ3) is 5.76. The maximum Gasteiger partial charge on any atom is 0.341 e.